The number of fused-ring (bicyclic) bond motifs is 1. The Morgan fingerprint density at radius 3 is 2.80 bits per heavy atom. The van der Waals surface area contributed by atoms with E-state index in [0.717, 1.165) is 5.39 Å². The monoisotopic (exact) mass is 199 g/mol. The third kappa shape index (κ3) is 1.48. The van der Waals surface area contributed by atoms with Crippen molar-refractivity contribution < 1.29 is 4.92 Å². The zero-order valence-electron chi connectivity index (χ0n) is 7.54. The van der Waals surface area contributed by atoms with Gasteiger partial charge in [-0.3, -0.25) is 0 Å². The fourth-order valence-corrected chi connectivity index (χ4v) is 1.33. The maximum Gasteiger partial charge on any atom is 0.382 e. The highest BCUT2D eigenvalue weighted by Gasteiger charge is 2.16. The number of nitro groups is 1. The van der Waals surface area contributed by atoms with Crippen molar-refractivity contribution in [2.24, 2.45) is 0 Å². The van der Waals surface area contributed by atoms with Gasteiger partial charge in [-0.1, -0.05) is 18.2 Å². The van der Waals surface area contributed by atoms with Crippen LogP contribution in [0.25, 0.3) is 10.9 Å². The number of hydrogen-bond donors (Lipinski definition) is 0. The SMILES string of the molecule is N#Cc1cc2ccccc2nc1[N+](=O)[O-]. The Morgan fingerprint density at radius 2 is 2.13 bits per heavy atom. The van der Waals surface area contributed by atoms with Gasteiger partial charge in [0.05, 0.1) is 0 Å². The number of para-hydroxylation sites is 1. The molecular formula is C10H5N3O2. The van der Waals surface area contributed by atoms with Crippen molar-refractivity contribution >= 4 is 16.7 Å². The smallest absolute Gasteiger partial charge is 0.358 e. The largest absolute Gasteiger partial charge is 0.382 e. The number of pyridine rings is 1. The average Bonchev–Trinajstić information content (AvgIpc) is 2.27. The first-order valence-corrected chi connectivity index (χ1v) is 4.16. The summed E-state index contributed by atoms with van der Waals surface area (Å²) >= 11 is 0. The van der Waals surface area contributed by atoms with Crippen LogP contribution in [0.5, 0.6) is 0 Å². The Balaban J connectivity index is 2.82. The predicted molar refractivity (Wildman–Crippen MR) is 53.1 cm³/mol. The van der Waals surface area contributed by atoms with E-state index >= 15 is 0 Å². The molecule has 0 aliphatic rings. The number of nitriles is 1. The molecule has 72 valence electrons. The van der Waals surface area contributed by atoms with E-state index in [0.29, 0.717) is 5.52 Å². The summed E-state index contributed by atoms with van der Waals surface area (Å²) in [5, 5.41) is 20.1. The molecule has 0 amide bonds. The van der Waals surface area contributed by atoms with Gasteiger partial charge < -0.3 is 10.1 Å². The Bertz CT molecular complexity index is 587. The lowest BCUT2D eigenvalue weighted by molar-refractivity contribution is -0.389. The molecule has 2 aromatic rings. The molecule has 0 aliphatic heterocycles. The van der Waals surface area contributed by atoms with E-state index in [1.54, 1.807) is 30.3 Å². The predicted octanol–water partition coefficient (Wildman–Crippen LogP) is 2.01. The first-order chi connectivity index (χ1) is 7.22. The molecule has 1 aromatic heterocycles. The lowest BCUT2D eigenvalue weighted by atomic mass is 10.1. The quantitative estimate of drug-likeness (QED) is 0.519. The molecule has 15 heavy (non-hydrogen) atoms. The summed E-state index contributed by atoms with van der Waals surface area (Å²) in [4.78, 5) is 13.8. The number of aromatic nitrogens is 1. The summed E-state index contributed by atoms with van der Waals surface area (Å²) in [5.74, 6) is -0.392. The second-order valence-electron chi connectivity index (χ2n) is 2.92. The molecule has 2 rings (SSSR count). The fraction of sp³-hybridized carbons (Fsp3) is 0. The first-order valence-electron chi connectivity index (χ1n) is 4.16. The Hall–Kier alpha value is -2.48. The number of nitrogens with zero attached hydrogens (tertiary/aromatic N) is 3. The van der Waals surface area contributed by atoms with Crippen molar-refractivity contribution in [2.75, 3.05) is 0 Å². The number of rotatable bonds is 1. The fourth-order valence-electron chi connectivity index (χ4n) is 1.33. The summed E-state index contributed by atoms with van der Waals surface area (Å²) in [6.45, 7) is 0. The van der Waals surface area contributed by atoms with E-state index in [9.17, 15) is 10.1 Å². The summed E-state index contributed by atoms with van der Waals surface area (Å²) in [5.41, 5.74) is 0.502. The molecular weight excluding hydrogens is 194 g/mol. The maximum absolute atomic E-state index is 10.6. The van der Waals surface area contributed by atoms with Gasteiger partial charge in [-0.05, 0) is 22.0 Å². The lowest BCUT2D eigenvalue weighted by Gasteiger charge is -1.96. The molecule has 0 unspecified atom stereocenters. The highest BCUT2D eigenvalue weighted by atomic mass is 16.6. The van der Waals surface area contributed by atoms with Crippen molar-refractivity contribution in [3.05, 3.63) is 46.0 Å². The van der Waals surface area contributed by atoms with Crippen LogP contribution in [0.1, 0.15) is 5.56 Å². The van der Waals surface area contributed by atoms with Crippen molar-refractivity contribution in [1.82, 2.24) is 4.98 Å². The molecule has 1 heterocycles. The Labute approximate surface area is 84.7 Å². The van der Waals surface area contributed by atoms with E-state index < -0.39 is 10.7 Å². The third-order valence-electron chi connectivity index (χ3n) is 2.00. The minimum atomic E-state index is -0.648. The molecule has 0 spiro atoms. The Morgan fingerprint density at radius 1 is 1.40 bits per heavy atom. The molecule has 0 N–H and O–H groups in total. The zero-order valence-corrected chi connectivity index (χ0v) is 7.54. The average molecular weight is 199 g/mol. The summed E-state index contributed by atoms with van der Waals surface area (Å²) in [7, 11) is 0. The standard InChI is InChI=1S/C10H5N3O2/c11-6-8-5-7-3-1-2-4-9(7)12-10(8)13(14)15/h1-5H. The van der Waals surface area contributed by atoms with Gasteiger partial charge in [0.2, 0.25) is 0 Å². The highest BCUT2D eigenvalue weighted by molar-refractivity contribution is 5.81. The molecule has 0 bridgehead atoms. The van der Waals surface area contributed by atoms with Gasteiger partial charge in [0.1, 0.15) is 6.07 Å². The molecule has 0 saturated heterocycles. The van der Waals surface area contributed by atoms with Crippen molar-refractivity contribution in [2.45, 2.75) is 0 Å². The van der Waals surface area contributed by atoms with Gasteiger partial charge in [-0.2, -0.15) is 5.26 Å². The van der Waals surface area contributed by atoms with Crippen LogP contribution in [-0.2, 0) is 0 Å². The van der Waals surface area contributed by atoms with E-state index in [1.165, 1.54) is 6.07 Å². The van der Waals surface area contributed by atoms with Gasteiger partial charge in [0, 0.05) is 5.39 Å². The van der Waals surface area contributed by atoms with Gasteiger partial charge in [0.15, 0.2) is 11.1 Å². The highest BCUT2D eigenvalue weighted by Crippen LogP contribution is 2.20. The summed E-state index contributed by atoms with van der Waals surface area (Å²) in [6.07, 6.45) is 0. The van der Waals surface area contributed by atoms with E-state index in [2.05, 4.69) is 4.98 Å². The van der Waals surface area contributed by atoms with Crippen molar-refractivity contribution in [3.63, 3.8) is 0 Å². The van der Waals surface area contributed by atoms with Gasteiger partial charge in [-0.15, -0.1) is 0 Å². The number of hydrogen-bond acceptors (Lipinski definition) is 4. The minimum absolute atomic E-state index is 0.0151. The second-order valence-corrected chi connectivity index (χ2v) is 2.92. The zero-order chi connectivity index (χ0) is 10.8. The van der Waals surface area contributed by atoms with Crippen LogP contribution in [-0.4, -0.2) is 9.91 Å². The third-order valence-corrected chi connectivity index (χ3v) is 2.00. The van der Waals surface area contributed by atoms with Crippen LogP contribution in [0.3, 0.4) is 0 Å². The van der Waals surface area contributed by atoms with Crippen LogP contribution >= 0.6 is 0 Å². The molecule has 0 saturated carbocycles. The number of benzene rings is 1. The van der Waals surface area contributed by atoms with Crippen LogP contribution in [0.15, 0.2) is 30.3 Å². The van der Waals surface area contributed by atoms with E-state index in [4.69, 9.17) is 5.26 Å². The second kappa shape index (κ2) is 3.35. The van der Waals surface area contributed by atoms with E-state index in [1.807, 2.05) is 0 Å². The van der Waals surface area contributed by atoms with Crippen LogP contribution < -0.4 is 0 Å². The molecule has 5 nitrogen and oxygen atoms in total. The lowest BCUT2D eigenvalue weighted by Crippen LogP contribution is -1.96. The van der Waals surface area contributed by atoms with E-state index in [-0.39, 0.29) is 5.56 Å². The Kier molecular flexibility index (Phi) is 2.03. The molecule has 0 fully saturated rings. The molecule has 0 aliphatic carbocycles. The van der Waals surface area contributed by atoms with Gasteiger partial charge in [-0.25, -0.2) is 0 Å². The minimum Gasteiger partial charge on any atom is -0.358 e. The first kappa shape index (κ1) is 9.09. The van der Waals surface area contributed by atoms with Crippen LogP contribution in [0.2, 0.25) is 0 Å². The van der Waals surface area contributed by atoms with Crippen LogP contribution in [0, 0.1) is 21.4 Å². The summed E-state index contributed by atoms with van der Waals surface area (Å²) in [6, 6.07) is 10.2. The van der Waals surface area contributed by atoms with Crippen LogP contribution in [0.4, 0.5) is 5.82 Å². The molecule has 0 atom stereocenters. The molecule has 0 radical (unpaired) electrons. The normalized spacial score (nSPS) is 9.80. The van der Waals surface area contributed by atoms with Crippen molar-refractivity contribution in [1.29, 1.82) is 5.26 Å². The summed E-state index contributed by atoms with van der Waals surface area (Å²) < 4.78 is 0. The molecule has 5 heteroatoms. The maximum atomic E-state index is 10.6. The topological polar surface area (TPSA) is 79.8 Å². The molecule has 1 aromatic carbocycles. The van der Waals surface area contributed by atoms with Gasteiger partial charge in [0.25, 0.3) is 0 Å². The van der Waals surface area contributed by atoms with Gasteiger partial charge >= 0.3 is 5.82 Å². The van der Waals surface area contributed by atoms with Crippen molar-refractivity contribution in [3.8, 4) is 6.07 Å².